The number of halogens is 2. The van der Waals surface area contributed by atoms with Crippen LogP contribution in [0.1, 0.15) is 4.88 Å². The Morgan fingerprint density at radius 2 is 2.17 bits per heavy atom. The molecule has 0 saturated carbocycles. The topological polar surface area (TPSA) is 41.6 Å². The van der Waals surface area contributed by atoms with Gasteiger partial charge in [-0.1, -0.05) is 41.4 Å². The summed E-state index contributed by atoms with van der Waals surface area (Å²) in [5.41, 5.74) is 0. The monoisotopic (exact) mass is 384 g/mol. The summed E-state index contributed by atoms with van der Waals surface area (Å²) < 4.78 is 5.55. The average molecular weight is 385 g/mol. The van der Waals surface area contributed by atoms with Crippen molar-refractivity contribution in [3.63, 3.8) is 0 Å². The molecular formula is C17H18Cl2N2O2S. The highest BCUT2D eigenvalue weighted by atomic mass is 35.5. The predicted molar refractivity (Wildman–Crippen MR) is 100 cm³/mol. The molecule has 0 spiro atoms. The van der Waals surface area contributed by atoms with Gasteiger partial charge >= 0.3 is 6.03 Å². The smallest absolute Gasteiger partial charge is 0.318 e. The Hall–Kier alpha value is -1.69. The van der Waals surface area contributed by atoms with Crippen LogP contribution < -0.4 is 10.1 Å². The highest BCUT2D eigenvalue weighted by Gasteiger charge is 2.13. The molecule has 0 aliphatic heterocycles. The molecule has 2 aromatic rings. The third-order valence-electron chi connectivity index (χ3n) is 3.12. The molecule has 0 atom stereocenters. The van der Waals surface area contributed by atoms with Crippen LogP contribution in [-0.4, -0.2) is 30.6 Å². The Labute approximate surface area is 155 Å². The number of thiophene rings is 1. The molecule has 24 heavy (non-hydrogen) atoms. The van der Waals surface area contributed by atoms with Crippen LogP contribution in [0.25, 0.3) is 0 Å². The molecule has 7 heteroatoms. The van der Waals surface area contributed by atoms with Crippen molar-refractivity contribution in [3.8, 4) is 5.75 Å². The molecule has 0 bridgehead atoms. The number of benzene rings is 1. The molecule has 1 N–H and O–H groups in total. The van der Waals surface area contributed by atoms with E-state index in [1.807, 2.05) is 17.5 Å². The average Bonchev–Trinajstić information content (AvgIpc) is 3.07. The number of hydrogen-bond acceptors (Lipinski definition) is 3. The van der Waals surface area contributed by atoms with E-state index in [4.69, 9.17) is 27.9 Å². The molecule has 4 nitrogen and oxygen atoms in total. The first kappa shape index (κ1) is 18.6. The largest absolute Gasteiger partial charge is 0.490 e. The second kappa shape index (κ2) is 9.57. The van der Waals surface area contributed by atoms with Gasteiger partial charge in [0, 0.05) is 11.4 Å². The van der Waals surface area contributed by atoms with Crippen LogP contribution in [0.2, 0.25) is 10.0 Å². The van der Waals surface area contributed by atoms with Crippen LogP contribution in [0.3, 0.4) is 0 Å². The van der Waals surface area contributed by atoms with Crippen molar-refractivity contribution >= 4 is 40.6 Å². The van der Waals surface area contributed by atoms with Crippen LogP contribution in [0.15, 0.2) is 48.4 Å². The SMILES string of the molecule is C=CCN(Cc1cccs1)C(=O)NCCOc1cccc(Cl)c1Cl. The van der Waals surface area contributed by atoms with E-state index in [9.17, 15) is 4.79 Å². The number of carbonyl (C=O) groups is 1. The number of amides is 2. The number of ether oxygens (including phenoxy) is 1. The minimum absolute atomic E-state index is 0.163. The molecule has 1 aromatic heterocycles. The Bertz CT molecular complexity index is 677. The van der Waals surface area contributed by atoms with Gasteiger partial charge in [0.15, 0.2) is 0 Å². The lowest BCUT2D eigenvalue weighted by Gasteiger charge is -2.21. The minimum Gasteiger partial charge on any atom is -0.490 e. The molecular weight excluding hydrogens is 367 g/mol. The molecule has 2 amide bonds. The first-order chi connectivity index (χ1) is 11.6. The van der Waals surface area contributed by atoms with E-state index in [0.29, 0.717) is 42.0 Å². The van der Waals surface area contributed by atoms with Gasteiger partial charge in [0.05, 0.1) is 18.1 Å². The Balaban J connectivity index is 1.80. The lowest BCUT2D eigenvalue weighted by Crippen LogP contribution is -2.41. The molecule has 0 saturated heterocycles. The second-order valence-electron chi connectivity index (χ2n) is 4.88. The maximum Gasteiger partial charge on any atom is 0.318 e. The van der Waals surface area contributed by atoms with Crippen molar-refractivity contribution < 1.29 is 9.53 Å². The fourth-order valence-electron chi connectivity index (χ4n) is 1.99. The van der Waals surface area contributed by atoms with Gasteiger partial charge in [0.25, 0.3) is 0 Å². The van der Waals surface area contributed by atoms with Crippen LogP contribution in [0, 0.1) is 0 Å². The first-order valence-corrected chi connectivity index (χ1v) is 8.98. The van der Waals surface area contributed by atoms with E-state index in [-0.39, 0.29) is 6.03 Å². The van der Waals surface area contributed by atoms with E-state index < -0.39 is 0 Å². The van der Waals surface area contributed by atoms with E-state index in [1.54, 1.807) is 40.5 Å². The summed E-state index contributed by atoms with van der Waals surface area (Å²) in [6.45, 7) is 5.38. The molecule has 0 aliphatic rings. The minimum atomic E-state index is -0.163. The predicted octanol–water partition coefficient (Wildman–Crippen LogP) is 4.83. The number of urea groups is 1. The van der Waals surface area contributed by atoms with E-state index in [1.165, 1.54) is 0 Å². The first-order valence-electron chi connectivity index (χ1n) is 7.34. The zero-order valence-corrected chi connectivity index (χ0v) is 15.3. The van der Waals surface area contributed by atoms with Crippen molar-refractivity contribution in [1.29, 1.82) is 0 Å². The molecule has 1 heterocycles. The highest BCUT2D eigenvalue weighted by molar-refractivity contribution is 7.09. The van der Waals surface area contributed by atoms with Gasteiger partial charge in [-0.25, -0.2) is 4.79 Å². The van der Waals surface area contributed by atoms with Gasteiger partial charge in [-0.05, 0) is 23.6 Å². The second-order valence-corrected chi connectivity index (χ2v) is 6.70. The maximum absolute atomic E-state index is 12.3. The third kappa shape index (κ3) is 5.44. The fraction of sp³-hybridized carbons (Fsp3) is 0.235. The van der Waals surface area contributed by atoms with Crippen molar-refractivity contribution in [3.05, 3.63) is 63.3 Å². The number of nitrogens with one attached hydrogen (secondary N) is 1. The quantitative estimate of drug-likeness (QED) is 0.522. The van der Waals surface area contributed by atoms with Crippen LogP contribution in [0.5, 0.6) is 5.75 Å². The van der Waals surface area contributed by atoms with Gasteiger partial charge in [0.2, 0.25) is 0 Å². The Morgan fingerprint density at radius 1 is 1.33 bits per heavy atom. The van der Waals surface area contributed by atoms with Crippen molar-refractivity contribution in [2.75, 3.05) is 19.7 Å². The molecule has 2 rings (SSSR count). The zero-order chi connectivity index (χ0) is 17.4. The normalized spacial score (nSPS) is 10.2. The lowest BCUT2D eigenvalue weighted by molar-refractivity contribution is 0.198. The van der Waals surface area contributed by atoms with Gasteiger partial charge in [-0.15, -0.1) is 17.9 Å². The van der Waals surface area contributed by atoms with Crippen molar-refractivity contribution in [2.24, 2.45) is 0 Å². The molecule has 128 valence electrons. The van der Waals surface area contributed by atoms with Gasteiger partial charge in [-0.3, -0.25) is 0 Å². The molecule has 0 fully saturated rings. The van der Waals surface area contributed by atoms with Crippen LogP contribution in [-0.2, 0) is 6.54 Å². The Kier molecular flexibility index (Phi) is 7.43. The number of carbonyl (C=O) groups excluding carboxylic acids is 1. The summed E-state index contributed by atoms with van der Waals surface area (Å²) in [5, 5.41) is 5.62. The fourth-order valence-corrected chi connectivity index (χ4v) is 3.06. The van der Waals surface area contributed by atoms with E-state index >= 15 is 0 Å². The van der Waals surface area contributed by atoms with E-state index in [0.717, 1.165) is 4.88 Å². The van der Waals surface area contributed by atoms with E-state index in [2.05, 4.69) is 11.9 Å². The van der Waals surface area contributed by atoms with Crippen molar-refractivity contribution in [1.82, 2.24) is 10.2 Å². The van der Waals surface area contributed by atoms with Crippen molar-refractivity contribution in [2.45, 2.75) is 6.54 Å². The summed E-state index contributed by atoms with van der Waals surface area (Å²) in [6, 6.07) is 8.98. The number of hydrogen-bond donors (Lipinski definition) is 1. The zero-order valence-electron chi connectivity index (χ0n) is 13.0. The number of nitrogens with zero attached hydrogens (tertiary/aromatic N) is 1. The summed E-state index contributed by atoms with van der Waals surface area (Å²) in [7, 11) is 0. The molecule has 1 aromatic carbocycles. The summed E-state index contributed by atoms with van der Waals surface area (Å²) in [6.07, 6.45) is 1.70. The Morgan fingerprint density at radius 3 is 2.88 bits per heavy atom. The van der Waals surface area contributed by atoms with Gasteiger partial charge in [0.1, 0.15) is 17.4 Å². The molecule has 0 aliphatic carbocycles. The van der Waals surface area contributed by atoms with Crippen LogP contribution in [0.4, 0.5) is 4.79 Å². The lowest BCUT2D eigenvalue weighted by atomic mass is 10.3. The third-order valence-corrected chi connectivity index (χ3v) is 4.78. The highest BCUT2D eigenvalue weighted by Crippen LogP contribution is 2.31. The summed E-state index contributed by atoms with van der Waals surface area (Å²) in [4.78, 5) is 15.1. The molecule has 0 unspecified atom stereocenters. The van der Waals surface area contributed by atoms with Gasteiger partial charge in [-0.2, -0.15) is 0 Å². The summed E-state index contributed by atoms with van der Waals surface area (Å²) in [5.74, 6) is 0.500. The van der Waals surface area contributed by atoms with Crippen LogP contribution >= 0.6 is 34.5 Å². The van der Waals surface area contributed by atoms with Gasteiger partial charge < -0.3 is 15.0 Å². The maximum atomic E-state index is 12.3. The standard InChI is InChI=1S/C17H18Cl2N2O2S/c1-2-9-21(12-13-5-4-11-24-13)17(22)20-8-10-23-15-7-3-6-14(18)16(15)19/h2-7,11H,1,8-10,12H2,(H,20,22). The number of rotatable bonds is 8. The molecule has 0 radical (unpaired) electrons. The summed E-state index contributed by atoms with van der Waals surface area (Å²) >= 11 is 13.6.